The lowest BCUT2D eigenvalue weighted by atomic mass is 9.86. The summed E-state index contributed by atoms with van der Waals surface area (Å²) in [5.74, 6) is -0.351. The monoisotopic (exact) mass is 400 g/mol. The summed E-state index contributed by atoms with van der Waals surface area (Å²) >= 11 is 0. The number of hydrogen-bond acceptors (Lipinski definition) is 2. The third-order valence-corrected chi connectivity index (χ3v) is 5.71. The fraction of sp³-hybridized carbons (Fsp3) is 0.308. The maximum atomic E-state index is 12.8. The van der Waals surface area contributed by atoms with Crippen molar-refractivity contribution in [3.05, 3.63) is 76.3 Å². The molecule has 1 aromatic heterocycles. The van der Waals surface area contributed by atoms with Crippen LogP contribution in [-0.4, -0.2) is 21.7 Å². The number of amides is 1. The van der Waals surface area contributed by atoms with Gasteiger partial charge in [0.1, 0.15) is 0 Å². The number of benzene rings is 2. The molecule has 0 radical (unpaired) electrons. The molecule has 4 rings (SSSR count). The Bertz CT molecular complexity index is 1150. The zero-order valence-corrected chi connectivity index (χ0v) is 18.4. The second-order valence-electron chi connectivity index (χ2n) is 10.0. The van der Waals surface area contributed by atoms with Crippen molar-refractivity contribution in [2.45, 2.75) is 52.4 Å². The first-order valence-electron chi connectivity index (χ1n) is 10.3. The number of carbonyl (C=O) groups excluding carboxylic acids is 1. The molecule has 1 aliphatic heterocycles. The fourth-order valence-corrected chi connectivity index (χ4v) is 3.83. The minimum Gasteiger partial charge on any atom is -0.494 e. The van der Waals surface area contributed by atoms with Crippen LogP contribution >= 0.6 is 0 Å². The molecule has 0 bridgehead atoms. The zero-order valence-electron chi connectivity index (χ0n) is 18.4. The van der Waals surface area contributed by atoms with Crippen LogP contribution in [-0.2, 0) is 10.8 Å². The number of nitrogens with zero attached hydrogens (tertiary/aromatic N) is 1. The molecule has 30 heavy (non-hydrogen) atoms. The Morgan fingerprint density at radius 3 is 1.67 bits per heavy atom. The van der Waals surface area contributed by atoms with E-state index in [1.54, 1.807) is 0 Å². The van der Waals surface area contributed by atoms with Crippen LogP contribution in [0.5, 0.6) is 5.88 Å². The maximum Gasteiger partial charge on any atom is 0.280 e. The summed E-state index contributed by atoms with van der Waals surface area (Å²) in [6.07, 6.45) is 0. The predicted octanol–water partition coefficient (Wildman–Crippen LogP) is 5.97. The summed E-state index contributed by atoms with van der Waals surface area (Å²) in [7, 11) is 0. The Kier molecular flexibility index (Phi) is 4.50. The van der Waals surface area contributed by atoms with Crippen molar-refractivity contribution in [2.24, 2.45) is 4.99 Å². The lowest BCUT2D eigenvalue weighted by Gasteiger charge is -2.19. The van der Waals surface area contributed by atoms with Crippen LogP contribution in [0.2, 0.25) is 0 Å². The third-order valence-electron chi connectivity index (χ3n) is 5.71. The van der Waals surface area contributed by atoms with Gasteiger partial charge in [-0.15, -0.1) is 0 Å². The number of rotatable bonds is 2. The molecule has 2 N–H and O–H groups in total. The van der Waals surface area contributed by atoms with Crippen molar-refractivity contribution < 1.29 is 9.90 Å². The van der Waals surface area contributed by atoms with Crippen molar-refractivity contribution in [1.29, 1.82) is 0 Å². The van der Waals surface area contributed by atoms with Gasteiger partial charge in [-0.2, -0.15) is 0 Å². The molecule has 154 valence electrons. The highest BCUT2D eigenvalue weighted by Crippen LogP contribution is 2.38. The van der Waals surface area contributed by atoms with Crippen LogP contribution in [0.3, 0.4) is 0 Å². The average Bonchev–Trinajstić information content (AvgIpc) is 3.19. The molecule has 0 saturated carbocycles. The van der Waals surface area contributed by atoms with Crippen LogP contribution in [0.25, 0.3) is 11.3 Å². The Hall–Kier alpha value is -3.14. The third kappa shape index (κ3) is 3.36. The second-order valence-corrected chi connectivity index (χ2v) is 10.0. The number of hydrogen-bond donors (Lipinski definition) is 2. The Morgan fingerprint density at radius 2 is 1.20 bits per heavy atom. The van der Waals surface area contributed by atoms with E-state index < -0.39 is 0 Å². The number of carbonyl (C=O) groups is 1. The molecule has 0 aliphatic carbocycles. The van der Waals surface area contributed by atoms with Gasteiger partial charge < -0.3 is 10.1 Å². The number of aromatic nitrogens is 1. The summed E-state index contributed by atoms with van der Waals surface area (Å²) in [5.41, 5.74) is 6.22. The topological polar surface area (TPSA) is 65.5 Å². The Morgan fingerprint density at radius 1 is 0.733 bits per heavy atom. The molecule has 0 fully saturated rings. The van der Waals surface area contributed by atoms with Crippen molar-refractivity contribution in [3.8, 4) is 17.1 Å². The van der Waals surface area contributed by atoms with Gasteiger partial charge in [0, 0.05) is 5.56 Å². The summed E-state index contributed by atoms with van der Waals surface area (Å²) < 4.78 is 0. The van der Waals surface area contributed by atoms with Crippen LogP contribution in [0, 0.1) is 0 Å². The molecule has 2 heterocycles. The molecule has 0 spiro atoms. The summed E-state index contributed by atoms with van der Waals surface area (Å²) in [4.78, 5) is 20.1. The van der Waals surface area contributed by atoms with Gasteiger partial charge in [0.25, 0.3) is 5.91 Å². The van der Waals surface area contributed by atoms with Crippen LogP contribution in [0.15, 0.2) is 53.5 Å². The van der Waals surface area contributed by atoms with Gasteiger partial charge in [-0.1, -0.05) is 90.1 Å². The van der Waals surface area contributed by atoms with Gasteiger partial charge in [0.15, 0.2) is 5.88 Å². The van der Waals surface area contributed by atoms with Gasteiger partial charge in [0.2, 0.25) is 0 Å². The van der Waals surface area contributed by atoms with E-state index in [0.717, 1.165) is 11.1 Å². The number of fused-ring (bicyclic) bond motifs is 1. The molecule has 0 unspecified atom stereocenters. The Balaban J connectivity index is 1.75. The van der Waals surface area contributed by atoms with Gasteiger partial charge in [-0.05, 0) is 27.5 Å². The van der Waals surface area contributed by atoms with Crippen molar-refractivity contribution in [2.75, 3.05) is 0 Å². The summed E-state index contributed by atoms with van der Waals surface area (Å²) in [6, 6.07) is 16.1. The van der Waals surface area contributed by atoms with Crippen molar-refractivity contribution in [1.82, 2.24) is 4.98 Å². The molecule has 4 heteroatoms. The average molecular weight is 401 g/mol. The molecule has 1 aliphatic rings. The molecule has 0 atom stereocenters. The minimum absolute atomic E-state index is 0.0237. The summed E-state index contributed by atoms with van der Waals surface area (Å²) in [6.45, 7) is 13.0. The van der Waals surface area contributed by atoms with E-state index in [4.69, 9.17) is 0 Å². The van der Waals surface area contributed by atoms with Crippen molar-refractivity contribution in [3.63, 3.8) is 0 Å². The number of aromatic amines is 1. The number of aliphatic imine (C=N–C) groups is 1. The van der Waals surface area contributed by atoms with Crippen LogP contribution in [0.1, 0.15) is 74.2 Å². The molecular formula is C26H28N2O2. The predicted molar refractivity (Wildman–Crippen MR) is 122 cm³/mol. The standard InChI is InChI=1S/C26H28N2O2/c1-25(2,3)17-11-7-15(8-12-17)21-19-20(24(30)27-21)22(28-23(19)29)16-9-13-18(14-10-16)26(4,5)6/h7-14,27,30H,1-6H3. The summed E-state index contributed by atoms with van der Waals surface area (Å²) in [5, 5.41) is 10.6. The SMILES string of the molecule is CC(C)(C)c1ccc(C2=NC(=O)c3c(-c4ccc(C(C)(C)C)cc4)[nH]c(O)c32)cc1. The largest absolute Gasteiger partial charge is 0.494 e. The van der Waals surface area contributed by atoms with Gasteiger partial charge in [0.05, 0.1) is 22.5 Å². The normalized spacial score (nSPS) is 14.1. The molecule has 4 nitrogen and oxygen atoms in total. The lowest BCUT2D eigenvalue weighted by molar-refractivity contribution is 0.101. The number of nitrogens with one attached hydrogen (secondary N) is 1. The smallest absolute Gasteiger partial charge is 0.280 e. The molecule has 0 saturated heterocycles. The van der Waals surface area contributed by atoms with Gasteiger partial charge >= 0.3 is 0 Å². The van der Waals surface area contributed by atoms with Gasteiger partial charge in [-0.25, -0.2) is 4.99 Å². The van der Waals surface area contributed by atoms with E-state index in [1.807, 2.05) is 24.3 Å². The highest BCUT2D eigenvalue weighted by Gasteiger charge is 2.33. The molecule has 3 aromatic rings. The van der Waals surface area contributed by atoms with E-state index in [-0.39, 0.29) is 22.6 Å². The van der Waals surface area contributed by atoms with Crippen LogP contribution < -0.4 is 0 Å². The van der Waals surface area contributed by atoms with E-state index in [9.17, 15) is 9.90 Å². The molecule has 1 amide bonds. The van der Waals surface area contributed by atoms with E-state index in [0.29, 0.717) is 22.5 Å². The minimum atomic E-state index is -0.327. The number of H-pyrrole nitrogens is 1. The van der Waals surface area contributed by atoms with Crippen LogP contribution in [0.4, 0.5) is 0 Å². The quantitative estimate of drug-likeness (QED) is 0.556. The second kappa shape index (κ2) is 6.69. The lowest BCUT2D eigenvalue weighted by Crippen LogP contribution is -2.11. The zero-order chi connectivity index (χ0) is 21.8. The molecular weight excluding hydrogens is 372 g/mol. The van der Waals surface area contributed by atoms with E-state index in [2.05, 4.69) is 75.8 Å². The van der Waals surface area contributed by atoms with E-state index >= 15 is 0 Å². The fourth-order valence-electron chi connectivity index (χ4n) is 3.83. The van der Waals surface area contributed by atoms with E-state index in [1.165, 1.54) is 11.1 Å². The highest BCUT2D eigenvalue weighted by molar-refractivity contribution is 6.30. The first-order valence-corrected chi connectivity index (χ1v) is 10.3. The maximum absolute atomic E-state index is 12.8. The highest BCUT2D eigenvalue weighted by atomic mass is 16.3. The molecule has 2 aromatic carbocycles. The Labute approximate surface area is 177 Å². The first-order chi connectivity index (χ1) is 14.0. The number of aromatic hydroxyl groups is 1. The first kappa shape index (κ1) is 20.1. The van der Waals surface area contributed by atoms with Crippen molar-refractivity contribution >= 4 is 11.6 Å². The van der Waals surface area contributed by atoms with Gasteiger partial charge in [-0.3, -0.25) is 4.79 Å².